The molecule has 0 bridgehead atoms. The van der Waals surface area contributed by atoms with E-state index in [1.165, 1.54) is 16.8 Å². The molecular weight excluding hydrogens is 547 g/mol. The third-order valence-corrected chi connectivity index (χ3v) is 7.37. The molecule has 3 atom stereocenters. The van der Waals surface area contributed by atoms with Gasteiger partial charge in [0.2, 0.25) is 0 Å². The molecule has 1 aliphatic heterocycles. The minimum absolute atomic E-state index is 0.293. The lowest BCUT2D eigenvalue weighted by Crippen LogP contribution is -2.28. The van der Waals surface area contributed by atoms with Crippen molar-refractivity contribution in [1.29, 1.82) is 0 Å². The van der Waals surface area contributed by atoms with Crippen LogP contribution in [0.2, 0.25) is 0 Å². The van der Waals surface area contributed by atoms with E-state index in [0.29, 0.717) is 31.1 Å². The highest BCUT2D eigenvalue weighted by molar-refractivity contribution is 14.1. The van der Waals surface area contributed by atoms with Crippen LogP contribution in [0.4, 0.5) is 11.4 Å². The Morgan fingerprint density at radius 3 is 2.74 bits per heavy atom. The monoisotopic (exact) mass is 576 g/mol. The molecule has 1 aliphatic carbocycles. The number of halogens is 1. The van der Waals surface area contributed by atoms with Gasteiger partial charge in [-0.15, -0.1) is 0 Å². The SMILES string of the molecule is C=CCOc1c(I)cc(C=Nc2ccc([C@@H]3Nc4ccccc4[C@@H]4C=CC[C@@H]43)cc2)cc1OCC. The number of nitrogens with zero attached hydrogens (tertiary/aromatic N) is 1. The molecule has 3 aromatic rings. The third kappa shape index (κ3) is 5.01. The fourth-order valence-electron chi connectivity index (χ4n) is 5.00. The van der Waals surface area contributed by atoms with Crippen molar-refractivity contribution in [2.24, 2.45) is 10.9 Å². The fraction of sp³-hybridized carbons (Fsp3) is 0.233. The quantitative estimate of drug-likeness (QED) is 0.169. The van der Waals surface area contributed by atoms with Crippen molar-refractivity contribution < 1.29 is 9.47 Å². The van der Waals surface area contributed by atoms with E-state index < -0.39 is 0 Å². The van der Waals surface area contributed by atoms with Gasteiger partial charge in [-0.25, -0.2) is 0 Å². The largest absolute Gasteiger partial charge is 0.490 e. The van der Waals surface area contributed by atoms with Crippen LogP contribution < -0.4 is 14.8 Å². The normalized spacial score (nSPS) is 20.2. The highest BCUT2D eigenvalue weighted by Gasteiger charge is 2.37. The average Bonchev–Trinajstić information content (AvgIpc) is 3.38. The zero-order chi connectivity index (χ0) is 24.2. The van der Waals surface area contributed by atoms with E-state index in [0.717, 1.165) is 32.7 Å². The summed E-state index contributed by atoms with van der Waals surface area (Å²) in [5.74, 6) is 2.49. The topological polar surface area (TPSA) is 42.8 Å². The first-order chi connectivity index (χ1) is 17.2. The van der Waals surface area contributed by atoms with E-state index in [1.807, 2.05) is 19.2 Å². The number of para-hydroxylation sites is 1. The summed E-state index contributed by atoms with van der Waals surface area (Å²) >= 11 is 2.27. The van der Waals surface area contributed by atoms with Crippen molar-refractivity contribution in [2.45, 2.75) is 25.3 Å². The van der Waals surface area contributed by atoms with Crippen LogP contribution in [-0.4, -0.2) is 19.4 Å². The van der Waals surface area contributed by atoms with Gasteiger partial charge in [0, 0.05) is 17.8 Å². The molecule has 0 radical (unpaired) electrons. The average molecular weight is 576 g/mol. The van der Waals surface area contributed by atoms with Crippen LogP contribution >= 0.6 is 22.6 Å². The molecule has 0 amide bonds. The molecule has 1 N–H and O–H groups in total. The van der Waals surface area contributed by atoms with Crippen LogP contribution in [0.3, 0.4) is 0 Å². The fourth-order valence-corrected chi connectivity index (χ4v) is 5.78. The predicted octanol–water partition coefficient (Wildman–Crippen LogP) is 7.83. The van der Waals surface area contributed by atoms with Gasteiger partial charge in [-0.3, -0.25) is 4.99 Å². The van der Waals surface area contributed by atoms with Gasteiger partial charge in [0.05, 0.1) is 21.9 Å². The molecular formula is C30H29IN2O2. The number of rotatable bonds is 8. The van der Waals surface area contributed by atoms with Crippen LogP contribution in [-0.2, 0) is 0 Å². The number of benzene rings is 3. The van der Waals surface area contributed by atoms with Gasteiger partial charge in [0.25, 0.3) is 0 Å². The van der Waals surface area contributed by atoms with E-state index >= 15 is 0 Å². The Labute approximate surface area is 220 Å². The van der Waals surface area contributed by atoms with Crippen molar-refractivity contribution in [3.05, 3.63) is 106 Å². The lowest BCUT2D eigenvalue weighted by atomic mass is 9.77. The summed E-state index contributed by atoms with van der Waals surface area (Å²) in [6.45, 7) is 6.70. The molecule has 0 spiro atoms. The van der Waals surface area contributed by atoms with Crippen LogP contribution in [0.25, 0.3) is 0 Å². The number of fused-ring (bicyclic) bond motifs is 3. The minimum atomic E-state index is 0.293. The molecule has 2 aliphatic rings. The summed E-state index contributed by atoms with van der Waals surface area (Å²) in [6.07, 6.45) is 9.42. The van der Waals surface area contributed by atoms with E-state index in [4.69, 9.17) is 14.5 Å². The van der Waals surface area contributed by atoms with Crippen LogP contribution in [0, 0.1) is 9.49 Å². The van der Waals surface area contributed by atoms with Gasteiger partial charge >= 0.3 is 0 Å². The second-order valence-electron chi connectivity index (χ2n) is 8.78. The van der Waals surface area contributed by atoms with Gasteiger partial charge in [-0.2, -0.15) is 0 Å². The Bertz CT molecular complexity index is 1270. The molecule has 35 heavy (non-hydrogen) atoms. The number of ether oxygens (including phenoxy) is 2. The van der Waals surface area contributed by atoms with E-state index in [9.17, 15) is 0 Å². The Morgan fingerprint density at radius 2 is 1.94 bits per heavy atom. The molecule has 0 unspecified atom stereocenters. The highest BCUT2D eigenvalue weighted by Crippen LogP contribution is 2.49. The summed E-state index contributed by atoms with van der Waals surface area (Å²) in [7, 11) is 0. The Balaban J connectivity index is 1.34. The van der Waals surface area contributed by atoms with Gasteiger partial charge in [-0.1, -0.05) is 55.1 Å². The van der Waals surface area contributed by atoms with Gasteiger partial charge in [0.1, 0.15) is 6.61 Å². The number of hydrogen-bond donors (Lipinski definition) is 1. The summed E-state index contributed by atoms with van der Waals surface area (Å²) in [4.78, 5) is 4.73. The zero-order valence-corrected chi connectivity index (χ0v) is 21.9. The number of aliphatic imine (C=N–C) groups is 1. The molecule has 0 saturated heterocycles. The first kappa shape index (κ1) is 23.7. The zero-order valence-electron chi connectivity index (χ0n) is 19.8. The minimum Gasteiger partial charge on any atom is -0.490 e. The summed E-state index contributed by atoms with van der Waals surface area (Å²) in [5, 5.41) is 3.80. The first-order valence-electron chi connectivity index (χ1n) is 12.0. The van der Waals surface area contributed by atoms with E-state index in [-0.39, 0.29) is 0 Å². The standard InChI is InChI=1S/C30H29IN2O2/c1-3-16-35-30-26(31)17-20(18-28(30)34-4-2)19-32-22-14-12-21(13-15-22)29-25-10-7-9-23(25)24-8-5-6-11-27(24)33-29/h3,5-9,11-15,17-19,23,25,29,33H,1,4,10,16H2,2H3/t23-,25-,29-/m0/s1. The molecule has 5 rings (SSSR count). The lowest BCUT2D eigenvalue weighted by Gasteiger charge is -2.37. The lowest BCUT2D eigenvalue weighted by molar-refractivity contribution is 0.295. The van der Waals surface area contributed by atoms with Crippen molar-refractivity contribution in [3.63, 3.8) is 0 Å². The number of nitrogens with one attached hydrogen (secondary N) is 1. The maximum absolute atomic E-state index is 5.81. The Kier molecular flexibility index (Phi) is 7.23. The number of anilines is 1. The van der Waals surface area contributed by atoms with Crippen LogP contribution in [0.15, 0.2) is 90.5 Å². The van der Waals surface area contributed by atoms with Crippen LogP contribution in [0.5, 0.6) is 11.5 Å². The van der Waals surface area contributed by atoms with Gasteiger partial charge in [-0.05, 0) is 88.9 Å². The van der Waals surface area contributed by atoms with Gasteiger partial charge < -0.3 is 14.8 Å². The van der Waals surface area contributed by atoms with E-state index in [2.05, 4.69) is 101 Å². The van der Waals surface area contributed by atoms with Crippen molar-refractivity contribution >= 4 is 40.2 Å². The molecule has 0 aromatic heterocycles. The smallest absolute Gasteiger partial charge is 0.174 e. The second kappa shape index (κ2) is 10.7. The van der Waals surface area contributed by atoms with Crippen molar-refractivity contribution in [1.82, 2.24) is 0 Å². The first-order valence-corrected chi connectivity index (χ1v) is 13.1. The molecule has 4 nitrogen and oxygen atoms in total. The maximum atomic E-state index is 5.81. The Morgan fingerprint density at radius 1 is 1.11 bits per heavy atom. The van der Waals surface area contributed by atoms with Crippen LogP contribution in [0.1, 0.15) is 42.0 Å². The molecule has 178 valence electrons. The van der Waals surface area contributed by atoms with Crippen molar-refractivity contribution in [2.75, 3.05) is 18.5 Å². The molecule has 0 fully saturated rings. The van der Waals surface area contributed by atoms with Crippen molar-refractivity contribution in [3.8, 4) is 11.5 Å². The maximum Gasteiger partial charge on any atom is 0.174 e. The summed E-state index contributed by atoms with van der Waals surface area (Å²) < 4.78 is 12.6. The summed E-state index contributed by atoms with van der Waals surface area (Å²) in [5.41, 5.74) is 5.84. The Hall–Kier alpha value is -3.06. The second-order valence-corrected chi connectivity index (χ2v) is 9.94. The summed E-state index contributed by atoms with van der Waals surface area (Å²) in [6, 6.07) is 21.6. The number of hydrogen-bond acceptors (Lipinski definition) is 4. The predicted molar refractivity (Wildman–Crippen MR) is 153 cm³/mol. The molecule has 0 saturated carbocycles. The highest BCUT2D eigenvalue weighted by atomic mass is 127. The van der Waals surface area contributed by atoms with E-state index in [1.54, 1.807) is 6.08 Å². The third-order valence-electron chi connectivity index (χ3n) is 6.56. The number of allylic oxidation sites excluding steroid dienone is 2. The molecule has 1 heterocycles. The molecule has 5 heteroatoms. The molecule has 3 aromatic carbocycles. The van der Waals surface area contributed by atoms with Gasteiger partial charge in [0.15, 0.2) is 11.5 Å².